The van der Waals surface area contributed by atoms with E-state index in [9.17, 15) is 13.6 Å². The first-order valence-electron chi connectivity index (χ1n) is 8.15. The molecular weight excluding hydrogens is 316 g/mol. The molecule has 2 rings (SSSR count). The van der Waals surface area contributed by atoms with Crippen molar-refractivity contribution in [2.24, 2.45) is 0 Å². The van der Waals surface area contributed by atoms with Crippen LogP contribution < -0.4 is 5.32 Å². The van der Waals surface area contributed by atoms with E-state index in [-0.39, 0.29) is 11.9 Å². The van der Waals surface area contributed by atoms with Gasteiger partial charge in [-0.1, -0.05) is 6.07 Å². The Bertz CT molecular complexity index is 549. The van der Waals surface area contributed by atoms with Crippen LogP contribution in [0.15, 0.2) is 18.2 Å². The summed E-state index contributed by atoms with van der Waals surface area (Å²) < 4.78 is 31.6. The summed E-state index contributed by atoms with van der Waals surface area (Å²) in [7, 11) is 3.59. The molecule has 1 saturated heterocycles. The van der Waals surface area contributed by atoms with Gasteiger partial charge in [-0.15, -0.1) is 0 Å². The highest BCUT2D eigenvalue weighted by molar-refractivity contribution is 5.76. The van der Waals surface area contributed by atoms with Gasteiger partial charge in [0.15, 0.2) is 11.6 Å². The van der Waals surface area contributed by atoms with Crippen LogP contribution in [0.3, 0.4) is 0 Å². The van der Waals surface area contributed by atoms with Crippen LogP contribution in [0.4, 0.5) is 8.78 Å². The van der Waals surface area contributed by atoms with E-state index in [2.05, 4.69) is 10.2 Å². The van der Waals surface area contributed by atoms with Crippen molar-refractivity contribution in [3.05, 3.63) is 35.4 Å². The van der Waals surface area contributed by atoms with Crippen molar-refractivity contribution in [3.63, 3.8) is 0 Å². The van der Waals surface area contributed by atoms with Gasteiger partial charge in [0.2, 0.25) is 5.91 Å². The van der Waals surface area contributed by atoms with Crippen molar-refractivity contribution >= 4 is 5.91 Å². The maximum atomic E-state index is 13.4. The van der Waals surface area contributed by atoms with Gasteiger partial charge in [0.05, 0.1) is 12.6 Å². The molecule has 1 amide bonds. The summed E-state index contributed by atoms with van der Waals surface area (Å²) in [5.41, 5.74) is 0.600. The number of ether oxygens (including phenoxy) is 1. The zero-order valence-corrected chi connectivity index (χ0v) is 14.2. The molecule has 0 unspecified atom stereocenters. The fourth-order valence-electron chi connectivity index (χ4n) is 2.74. The van der Waals surface area contributed by atoms with Gasteiger partial charge < -0.3 is 19.9 Å². The smallest absolute Gasteiger partial charge is 0.223 e. The van der Waals surface area contributed by atoms with Gasteiger partial charge in [0, 0.05) is 46.3 Å². The lowest BCUT2D eigenvalue weighted by atomic mass is 10.1. The van der Waals surface area contributed by atoms with Gasteiger partial charge >= 0.3 is 0 Å². The Balaban J connectivity index is 1.85. The second-order valence-corrected chi connectivity index (χ2v) is 6.07. The minimum absolute atomic E-state index is 0.108. The van der Waals surface area contributed by atoms with E-state index in [1.807, 2.05) is 11.9 Å². The topological polar surface area (TPSA) is 44.8 Å². The number of likely N-dealkylation sites (N-methyl/N-ethyl adjacent to an activating group) is 1. The van der Waals surface area contributed by atoms with Crippen LogP contribution >= 0.6 is 0 Å². The molecule has 1 aromatic carbocycles. The summed E-state index contributed by atoms with van der Waals surface area (Å²) in [6.45, 7) is 4.05. The molecule has 5 nitrogen and oxygen atoms in total. The summed E-state index contributed by atoms with van der Waals surface area (Å²) in [4.78, 5) is 16.3. The molecule has 0 saturated carbocycles. The predicted octanol–water partition coefficient (Wildman–Crippen LogP) is 1.41. The predicted molar refractivity (Wildman–Crippen MR) is 87.7 cm³/mol. The van der Waals surface area contributed by atoms with Crippen molar-refractivity contribution in [2.45, 2.75) is 12.5 Å². The average Bonchev–Trinajstić information content (AvgIpc) is 2.57. The molecule has 1 aliphatic rings. The minimum Gasteiger partial charge on any atom is -0.383 e. The first kappa shape index (κ1) is 18.8. The van der Waals surface area contributed by atoms with E-state index in [4.69, 9.17) is 4.74 Å². The quantitative estimate of drug-likeness (QED) is 0.814. The number of hydrogen-bond acceptors (Lipinski definition) is 4. The summed E-state index contributed by atoms with van der Waals surface area (Å²) in [6.07, 6.45) is 0.369. The lowest BCUT2D eigenvalue weighted by Crippen LogP contribution is -2.47. The number of nitrogens with one attached hydrogen (secondary N) is 1. The van der Waals surface area contributed by atoms with Crippen LogP contribution in [0.5, 0.6) is 0 Å². The Morgan fingerprint density at radius 1 is 1.25 bits per heavy atom. The normalized spacial score (nSPS) is 17.1. The first-order valence-corrected chi connectivity index (χ1v) is 8.15. The SMILES string of the molecule is COC[C@H](NCCC(=O)N1CCN(C)CC1)c1ccc(F)c(F)c1. The van der Waals surface area contributed by atoms with Crippen molar-refractivity contribution in [3.8, 4) is 0 Å². The van der Waals surface area contributed by atoms with Gasteiger partial charge in [-0.25, -0.2) is 8.78 Å². The molecule has 7 heteroatoms. The Kier molecular flexibility index (Phi) is 7.08. The fourth-order valence-corrected chi connectivity index (χ4v) is 2.74. The van der Waals surface area contributed by atoms with Crippen molar-refractivity contribution in [2.75, 3.05) is 53.5 Å². The zero-order chi connectivity index (χ0) is 17.5. The van der Waals surface area contributed by atoms with Gasteiger partial charge in [0.1, 0.15) is 0 Å². The van der Waals surface area contributed by atoms with E-state index < -0.39 is 11.6 Å². The number of rotatable bonds is 7. The van der Waals surface area contributed by atoms with Crippen molar-refractivity contribution < 1.29 is 18.3 Å². The van der Waals surface area contributed by atoms with E-state index in [0.29, 0.717) is 25.1 Å². The van der Waals surface area contributed by atoms with E-state index in [1.54, 1.807) is 7.11 Å². The molecule has 134 valence electrons. The van der Waals surface area contributed by atoms with Crippen molar-refractivity contribution in [1.82, 2.24) is 15.1 Å². The Hall–Kier alpha value is -1.57. The summed E-state index contributed by atoms with van der Waals surface area (Å²) in [5, 5.41) is 3.19. The molecule has 0 radical (unpaired) electrons. The maximum absolute atomic E-state index is 13.4. The van der Waals surface area contributed by atoms with E-state index in [0.717, 1.165) is 38.3 Å². The number of nitrogens with zero attached hydrogens (tertiary/aromatic N) is 2. The summed E-state index contributed by atoms with van der Waals surface area (Å²) in [5.74, 6) is -1.65. The van der Waals surface area contributed by atoms with Gasteiger partial charge in [-0.3, -0.25) is 4.79 Å². The third-order valence-electron chi connectivity index (χ3n) is 4.26. The first-order chi connectivity index (χ1) is 11.5. The molecule has 0 aromatic heterocycles. The highest BCUT2D eigenvalue weighted by atomic mass is 19.2. The lowest BCUT2D eigenvalue weighted by molar-refractivity contribution is -0.132. The van der Waals surface area contributed by atoms with Gasteiger partial charge in [-0.05, 0) is 24.7 Å². The molecule has 24 heavy (non-hydrogen) atoms. The molecular formula is C17H25F2N3O2. The monoisotopic (exact) mass is 341 g/mol. The van der Waals surface area contributed by atoms with Gasteiger partial charge in [-0.2, -0.15) is 0 Å². The number of piperazine rings is 1. The standard InChI is InChI=1S/C17H25F2N3O2/c1-21-7-9-22(10-8-21)17(23)5-6-20-16(12-24-2)13-3-4-14(18)15(19)11-13/h3-4,11,16,20H,5-10,12H2,1-2H3/t16-/m0/s1. The number of carbonyl (C=O) groups is 1. The van der Waals surface area contributed by atoms with Crippen molar-refractivity contribution in [1.29, 1.82) is 0 Å². The van der Waals surface area contributed by atoms with Crippen LogP contribution in [0.25, 0.3) is 0 Å². The Morgan fingerprint density at radius 3 is 2.58 bits per heavy atom. The van der Waals surface area contributed by atoms with Crippen LogP contribution in [0, 0.1) is 11.6 Å². The molecule has 0 aliphatic carbocycles. The number of benzene rings is 1. The average molecular weight is 341 g/mol. The molecule has 1 heterocycles. The Labute approximate surface area is 141 Å². The second kappa shape index (κ2) is 9.05. The third-order valence-corrected chi connectivity index (χ3v) is 4.26. The number of halogens is 2. The molecule has 1 fully saturated rings. The number of methoxy groups -OCH3 is 1. The summed E-state index contributed by atoms with van der Waals surface area (Å²) >= 11 is 0. The van der Waals surface area contributed by atoms with Crippen LogP contribution in [0.1, 0.15) is 18.0 Å². The zero-order valence-electron chi connectivity index (χ0n) is 14.2. The number of carbonyl (C=O) groups excluding carboxylic acids is 1. The molecule has 0 spiro atoms. The molecule has 1 aromatic rings. The van der Waals surface area contributed by atoms with Crippen LogP contribution in [-0.2, 0) is 9.53 Å². The Morgan fingerprint density at radius 2 is 1.96 bits per heavy atom. The van der Waals surface area contributed by atoms with Crippen LogP contribution in [-0.4, -0.2) is 69.2 Å². The number of amides is 1. The van der Waals surface area contributed by atoms with E-state index >= 15 is 0 Å². The molecule has 1 aliphatic heterocycles. The number of hydrogen-bond donors (Lipinski definition) is 1. The second-order valence-electron chi connectivity index (χ2n) is 6.07. The maximum Gasteiger partial charge on any atom is 0.223 e. The highest BCUT2D eigenvalue weighted by Crippen LogP contribution is 2.17. The third kappa shape index (κ3) is 5.22. The fraction of sp³-hybridized carbons (Fsp3) is 0.588. The molecule has 1 atom stereocenters. The lowest BCUT2D eigenvalue weighted by Gasteiger charge is -2.32. The molecule has 1 N–H and O–H groups in total. The minimum atomic E-state index is -0.885. The van der Waals surface area contributed by atoms with E-state index in [1.165, 1.54) is 6.07 Å². The van der Waals surface area contributed by atoms with Gasteiger partial charge in [0.25, 0.3) is 0 Å². The largest absolute Gasteiger partial charge is 0.383 e. The van der Waals surface area contributed by atoms with Crippen LogP contribution in [0.2, 0.25) is 0 Å². The molecule has 0 bridgehead atoms. The summed E-state index contributed by atoms with van der Waals surface area (Å²) in [6, 6.07) is 3.50. The highest BCUT2D eigenvalue weighted by Gasteiger charge is 2.19.